The van der Waals surface area contributed by atoms with Crippen molar-refractivity contribution in [2.24, 2.45) is 50.7 Å². The molecule has 0 radical (unpaired) electrons. The van der Waals surface area contributed by atoms with E-state index in [9.17, 15) is 9.90 Å². The molecule has 0 heterocycles. The maximum absolute atomic E-state index is 12.8. The van der Waals surface area contributed by atoms with Crippen molar-refractivity contribution < 1.29 is 9.90 Å². The Morgan fingerprint density at radius 2 is 1.69 bits per heavy atom. The Labute approximate surface area is 197 Å². The van der Waals surface area contributed by atoms with E-state index in [0.717, 1.165) is 31.6 Å². The summed E-state index contributed by atoms with van der Waals surface area (Å²) in [5.41, 5.74) is 2.64. The van der Waals surface area contributed by atoms with Crippen molar-refractivity contribution in [2.75, 3.05) is 0 Å². The van der Waals surface area contributed by atoms with Gasteiger partial charge in [-0.3, -0.25) is 4.79 Å². The number of carbonyl (C=O) groups excluding carboxylic acids is 1. The van der Waals surface area contributed by atoms with Crippen molar-refractivity contribution in [1.82, 2.24) is 0 Å². The number of aliphatic hydroxyl groups excluding tert-OH is 1. The van der Waals surface area contributed by atoms with Crippen molar-refractivity contribution in [3.05, 3.63) is 11.6 Å². The van der Waals surface area contributed by atoms with Crippen LogP contribution in [-0.2, 0) is 4.79 Å². The van der Waals surface area contributed by atoms with Crippen molar-refractivity contribution in [1.29, 1.82) is 0 Å². The van der Waals surface area contributed by atoms with Crippen LogP contribution in [0.4, 0.5) is 0 Å². The van der Waals surface area contributed by atoms with Gasteiger partial charge in [-0.1, -0.05) is 46.3 Å². The summed E-state index contributed by atoms with van der Waals surface area (Å²) in [6.07, 6.45) is 14.0. The van der Waals surface area contributed by atoms with Crippen molar-refractivity contribution >= 4 is 5.78 Å². The molecule has 0 aromatic heterocycles. The maximum atomic E-state index is 12.8. The van der Waals surface area contributed by atoms with E-state index in [2.05, 4.69) is 54.5 Å². The van der Waals surface area contributed by atoms with Gasteiger partial charge in [0.2, 0.25) is 0 Å². The summed E-state index contributed by atoms with van der Waals surface area (Å²) in [5, 5.41) is 11.5. The molecular formula is C30H48O2. The highest BCUT2D eigenvalue weighted by Crippen LogP contribution is 2.88. The summed E-state index contributed by atoms with van der Waals surface area (Å²) >= 11 is 0. The van der Waals surface area contributed by atoms with E-state index >= 15 is 0 Å². The summed E-state index contributed by atoms with van der Waals surface area (Å²) in [4.78, 5) is 12.8. The van der Waals surface area contributed by atoms with Crippen molar-refractivity contribution in [3.63, 3.8) is 0 Å². The highest BCUT2D eigenvalue weighted by Gasteiger charge is 2.82. The number of allylic oxidation sites excluding steroid dienone is 2. The van der Waals surface area contributed by atoms with Crippen LogP contribution in [0.3, 0.4) is 0 Å². The highest BCUT2D eigenvalue weighted by molar-refractivity contribution is 5.86. The molecule has 32 heavy (non-hydrogen) atoms. The summed E-state index contributed by atoms with van der Waals surface area (Å²) in [6.45, 7) is 16.4. The molecule has 0 amide bonds. The Hall–Kier alpha value is -0.630. The van der Waals surface area contributed by atoms with E-state index in [-0.39, 0.29) is 22.3 Å². The van der Waals surface area contributed by atoms with Gasteiger partial charge in [0.25, 0.3) is 0 Å². The number of aliphatic hydroxyl groups is 1. The molecule has 0 unspecified atom stereocenters. The average Bonchev–Trinajstić information content (AvgIpc) is 3.30. The van der Waals surface area contributed by atoms with E-state index in [1.54, 1.807) is 0 Å². The zero-order chi connectivity index (χ0) is 23.3. The minimum atomic E-state index is -0.154. The van der Waals surface area contributed by atoms with E-state index in [1.165, 1.54) is 44.1 Å². The third-order valence-electron chi connectivity index (χ3n) is 12.7. The third-order valence-corrected chi connectivity index (χ3v) is 12.7. The Morgan fingerprint density at radius 1 is 1.03 bits per heavy atom. The summed E-state index contributed by atoms with van der Waals surface area (Å²) < 4.78 is 0. The fraction of sp³-hybridized carbons (Fsp3) is 0.900. The van der Waals surface area contributed by atoms with Crippen LogP contribution in [0, 0.1) is 50.7 Å². The zero-order valence-corrected chi connectivity index (χ0v) is 21.9. The van der Waals surface area contributed by atoms with Crippen molar-refractivity contribution in [3.8, 4) is 0 Å². The van der Waals surface area contributed by atoms with Gasteiger partial charge >= 0.3 is 0 Å². The van der Waals surface area contributed by atoms with Gasteiger partial charge in [0.1, 0.15) is 5.78 Å². The van der Waals surface area contributed by atoms with Gasteiger partial charge < -0.3 is 5.11 Å². The number of hydrogen-bond acceptors (Lipinski definition) is 2. The minimum absolute atomic E-state index is 0.133. The molecule has 0 aliphatic heterocycles. The van der Waals surface area contributed by atoms with Crippen LogP contribution in [0.25, 0.3) is 0 Å². The fourth-order valence-electron chi connectivity index (χ4n) is 11.1. The molecule has 5 aliphatic rings. The van der Waals surface area contributed by atoms with E-state index < -0.39 is 0 Å². The lowest BCUT2D eigenvalue weighted by molar-refractivity contribution is -0.157. The average molecular weight is 441 g/mol. The second-order valence-electron chi connectivity index (χ2n) is 14.3. The normalized spacial score (nSPS) is 51.7. The van der Waals surface area contributed by atoms with E-state index in [4.69, 9.17) is 0 Å². The Bertz CT molecular complexity index is 836. The number of rotatable bonds is 4. The molecule has 180 valence electrons. The summed E-state index contributed by atoms with van der Waals surface area (Å²) in [6, 6.07) is 0. The number of Topliss-reactive ketones (excluding diaryl/α,β-unsaturated/α-hetero) is 1. The van der Waals surface area contributed by atoms with Crippen LogP contribution in [0.15, 0.2) is 11.6 Å². The largest absolute Gasteiger partial charge is 0.393 e. The molecule has 5 aliphatic carbocycles. The molecule has 5 rings (SSSR count). The maximum Gasteiger partial charge on any atom is 0.138 e. The third kappa shape index (κ3) is 2.65. The van der Waals surface area contributed by atoms with Gasteiger partial charge in [0, 0.05) is 11.8 Å². The standard InChI is InChI=1S/C30H48O2/c1-19(2)9-8-10-20(3)25-21(31)17-28(7)23-12-11-22-26(4,5)24(32)13-14-29(22)18-30(23,29)16-15-27(25,28)6/h9,20-23,25,31H,8,10-18H2,1-7H3/t20-,21-,22-,23+,25-,27-,28+,29+,30+/m1/s1. The second kappa shape index (κ2) is 6.96. The molecule has 0 bridgehead atoms. The molecule has 2 spiro atoms. The quantitative estimate of drug-likeness (QED) is 0.464. The van der Waals surface area contributed by atoms with Gasteiger partial charge in [0.05, 0.1) is 6.10 Å². The molecule has 0 aromatic carbocycles. The van der Waals surface area contributed by atoms with Crippen LogP contribution < -0.4 is 0 Å². The number of fused-ring (bicyclic) bond motifs is 2. The molecular weight excluding hydrogens is 392 g/mol. The molecule has 2 nitrogen and oxygen atoms in total. The van der Waals surface area contributed by atoms with Crippen LogP contribution in [0.2, 0.25) is 0 Å². The first-order chi connectivity index (χ1) is 14.9. The van der Waals surface area contributed by atoms with E-state index in [1.807, 2.05) is 0 Å². The predicted molar refractivity (Wildman–Crippen MR) is 131 cm³/mol. The molecule has 2 heteroatoms. The number of carbonyl (C=O) groups is 1. The summed E-state index contributed by atoms with van der Waals surface area (Å²) in [7, 11) is 0. The number of ketones is 1. The molecule has 9 atom stereocenters. The fourth-order valence-corrected chi connectivity index (χ4v) is 11.1. The Morgan fingerprint density at radius 3 is 2.38 bits per heavy atom. The molecule has 5 fully saturated rings. The minimum Gasteiger partial charge on any atom is -0.393 e. The van der Waals surface area contributed by atoms with Gasteiger partial charge in [-0.15, -0.1) is 0 Å². The Balaban J connectivity index is 1.44. The zero-order valence-electron chi connectivity index (χ0n) is 21.9. The van der Waals surface area contributed by atoms with Crippen LogP contribution in [-0.4, -0.2) is 17.0 Å². The van der Waals surface area contributed by atoms with Crippen LogP contribution in [0.1, 0.15) is 113 Å². The van der Waals surface area contributed by atoms with Gasteiger partial charge in [-0.2, -0.15) is 0 Å². The highest BCUT2D eigenvalue weighted by atomic mass is 16.3. The first-order valence-corrected chi connectivity index (χ1v) is 13.7. The predicted octanol–water partition coefficient (Wildman–Crippen LogP) is 7.35. The second-order valence-corrected chi connectivity index (χ2v) is 14.3. The van der Waals surface area contributed by atoms with Gasteiger partial charge in [-0.25, -0.2) is 0 Å². The topological polar surface area (TPSA) is 37.3 Å². The molecule has 0 aromatic rings. The lowest BCUT2D eigenvalue weighted by atomic mass is 9.42. The molecule has 0 saturated heterocycles. The SMILES string of the molecule is CC(C)=CCC[C@@H](C)[C@@H]1[C@H](O)C[C@@]2(C)[C@@H]3CC[C@@H]4C(C)(C)C(=O)CC[C@]45C[C@@]35CC[C@]12C. The smallest absolute Gasteiger partial charge is 0.138 e. The lowest BCUT2D eigenvalue weighted by Crippen LogP contribution is -2.57. The lowest BCUT2D eigenvalue weighted by Gasteiger charge is -2.62. The van der Waals surface area contributed by atoms with E-state index in [0.29, 0.717) is 34.4 Å². The van der Waals surface area contributed by atoms with Crippen LogP contribution in [0.5, 0.6) is 0 Å². The first kappa shape index (κ1) is 23.1. The number of hydrogen-bond donors (Lipinski definition) is 1. The van der Waals surface area contributed by atoms with Crippen molar-refractivity contribution in [2.45, 2.75) is 119 Å². The van der Waals surface area contributed by atoms with Crippen LogP contribution >= 0.6 is 0 Å². The summed E-state index contributed by atoms with van der Waals surface area (Å²) in [5.74, 6) is 2.83. The monoisotopic (exact) mass is 440 g/mol. The van der Waals surface area contributed by atoms with Gasteiger partial charge in [-0.05, 0) is 117 Å². The molecule has 5 saturated carbocycles. The van der Waals surface area contributed by atoms with Gasteiger partial charge in [0.15, 0.2) is 0 Å². The molecule has 1 N–H and O–H groups in total. The Kier molecular flexibility index (Phi) is 5.03. The first-order valence-electron chi connectivity index (χ1n) is 13.7.